The molecule has 0 amide bonds. The van der Waals surface area contributed by atoms with Crippen LogP contribution in [-0.4, -0.2) is 35.8 Å². The molecule has 4 aromatic rings. The van der Waals surface area contributed by atoms with E-state index in [1.807, 2.05) is 53.2 Å². The number of nitrogens with zero attached hydrogens (tertiary/aromatic N) is 3. The molecule has 0 saturated carbocycles. The second kappa shape index (κ2) is 8.48. The van der Waals surface area contributed by atoms with E-state index >= 15 is 0 Å². The Bertz CT molecular complexity index is 1200. The predicted octanol–water partition coefficient (Wildman–Crippen LogP) is 4.95. The van der Waals surface area contributed by atoms with Crippen LogP contribution in [0.3, 0.4) is 0 Å². The molecule has 0 saturated heterocycles. The molecule has 1 aliphatic rings. The molecule has 2 heterocycles. The topological polar surface area (TPSA) is 51.4 Å². The van der Waals surface area contributed by atoms with Crippen LogP contribution >= 0.6 is 0 Å². The van der Waals surface area contributed by atoms with Crippen LogP contribution in [0, 0.1) is 0 Å². The number of ether oxygens (including phenoxy) is 1. The number of aliphatic imine (C=N–C) groups is 1. The minimum Gasteiger partial charge on any atom is -0.497 e. The molecule has 3 aromatic carbocycles. The lowest BCUT2D eigenvalue weighted by molar-refractivity contribution is 0.415. The molecule has 154 valence electrons. The highest BCUT2D eigenvalue weighted by atomic mass is 16.5. The van der Waals surface area contributed by atoms with Gasteiger partial charge in [0.05, 0.1) is 24.1 Å². The fourth-order valence-electron chi connectivity index (χ4n) is 3.91. The number of nitrogens with one attached hydrogen (secondary N) is 1. The molecule has 31 heavy (non-hydrogen) atoms. The Morgan fingerprint density at radius 2 is 1.55 bits per heavy atom. The summed E-state index contributed by atoms with van der Waals surface area (Å²) in [6.45, 7) is 1.72. The maximum Gasteiger partial charge on any atom is 0.132 e. The second-order valence-corrected chi connectivity index (χ2v) is 7.42. The summed E-state index contributed by atoms with van der Waals surface area (Å²) in [5.74, 6) is 1.73. The van der Waals surface area contributed by atoms with Gasteiger partial charge < -0.3 is 10.1 Å². The highest BCUT2D eigenvalue weighted by Gasteiger charge is 2.26. The van der Waals surface area contributed by atoms with Crippen LogP contribution in [0.25, 0.3) is 28.2 Å². The molecule has 5 rings (SSSR count). The van der Waals surface area contributed by atoms with Crippen LogP contribution < -0.4 is 10.1 Å². The quantitative estimate of drug-likeness (QED) is 0.508. The van der Waals surface area contributed by atoms with E-state index in [1.54, 1.807) is 7.11 Å². The molecule has 1 N–H and O–H groups in total. The molecule has 0 spiro atoms. The molecule has 0 atom stereocenters. The Morgan fingerprint density at radius 1 is 0.839 bits per heavy atom. The molecule has 0 aliphatic carbocycles. The van der Waals surface area contributed by atoms with Gasteiger partial charge in [-0.05, 0) is 42.8 Å². The maximum absolute atomic E-state index is 5.38. The van der Waals surface area contributed by atoms with Gasteiger partial charge in [-0.25, -0.2) is 4.68 Å². The zero-order valence-corrected chi connectivity index (χ0v) is 17.5. The van der Waals surface area contributed by atoms with Crippen molar-refractivity contribution in [3.63, 3.8) is 0 Å². The number of aromatic nitrogens is 2. The first-order valence-corrected chi connectivity index (χ1v) is 10.5. The van der Waals surface area contributed by atoms with Crippen molar-refractivity contribution in [2.24, 2.45) is 4.99 Å². The van der Waals surface area contributed by atoms with Crippen LogP contribution in [0.15, 0.2) is 89.9 Å². The van der Waals surface area contributed by atoms with Crippen LogP contribution in [0.1, 0.15) is 12.0 Å². The molecule has 0 fully saturated rings. The van der Waals surface area contributed by atoms with Crippen LogP contribution in [0.4, 0.5) is 0 Å². The molecular weight excluding hydrogens is 384 g/mol. The number of para-hydroxylation sites is 1. The number of rotatable bonds is 5. The fourth-order valence-corrected chi connectivity index (χ4v) is 3.91. The largest absolute Gasteiger partial charge is 0.497 e. The lowest BCUT2D eigenvalue weighted by Crippen LogP contribution is -2.30. The lowest BCUT2D eigenvalue weighted by Gasteiger charge is -2.17. The van der Waals surface area contributed by atoms with Crippen LogP contribution in [0.2, 0.25) is 0 Å². The third-order valence-electron chi connectivity index (χ3n) is 5.43. The van der Waals surface area contributed by atoms with Gasteiger partial charge in [0.1, 0.15) is 17.3 Å². The van der Waals surface area contributed by atoms with E-state index in [1.165, 1.54) is 0 Å². The number of amidine groups is 1. The first-order valence-electron chi connectivity index (χ1n) is 10.5. The first kappa shape index (κ1) is 19.1. The van der Waals surface area contributed by atoms with Gasteiger partial charge in [0.2, 0.25) is 0 Å². The van der Waals surface area contributed by atoms with E-state index in [0.29, 0.717) is 0 Å². The summed E-state index contributed by atoms with van der Waals surface area (Å²) < 4.78 is 7.41. The van der Waals surface area contributed by atoms with Crippen LogP contribution in [0.5, 0.6) is 5.75 Å². The molecule has 1 aliphatic heterocycles. The van der Waals surface area contributed by atoms with E-state index in [0.717, 1.165) is 64.9 Å². The van der Waals surface area contributed by atoms with E-state index in [2.05, 4.69) is 41.7 Å². The van der Waals surface area contributed by atoms with Gasteiger partial charge in [-0.1, -0.05) is 48.5 Å². The normalized spacial score (nSPS) is 13.4. The standard InChI is InChI=1S/C26H24N4O/c1-31-22-15-13-20(14-16-22)25-23(26-27-17-8-18-28-26)24(19-9-4-2-5-10-19)29-30(25)21-11-6-3-7-12-21/h2-7,9-16H,8,17-18H2,1H3,(H,27,28). The van der Waals surface area contributed by atoms with Crippen molar-refractivity contribution >= 4 is 5.84 Å². The lowest BCUT2D eigenvalue weighted by atomic mass is 10.00. The minimum atomic E-state index is 0.815. The average molecular weight is 409 g/mol. The highest BCUT2D eigenvalue weighted by molar-refractivity contribution is 6.09. The van der Waals surface area contributed by atoms with Gasteiger partial charge in [0.15, 0.2) is 0 Å². The summed E-state index contributed by atoms with van der Waals surface area (Å²) in [4.78, 5) is 4.84. The predicted molar refractivity (Wildman–Crippen MR) is 125 cm³/mol. The number of benzene rings is 3. The first-order chi connectivity index (χ1) is 15.3. The van der Waals surface area contributed by atoms with Gasteiger partial charge in [-0.3, -0.25) is 4.99 Å². The Balaban J connectivity index is 1.82. The smallest absolute Gasteiger partial charge is 0.132 e. The zero-order valence-electron chi connectivity index (χ0n) is 17.5. The number of hydrogen-bond acceptors (Lipinski definition) is 4. The molecular formula is C26H24N4O. The van der Waals surface area contributed by atoms with Crippen molar-refractivity contribution in [3.8, 4) is 34.0 Å². The summed E-state index contributed by atoms with van der Waals surface area (Å²) >= 11 is 0. The Morgan fingerprint density at radius 3 is 2.19 bits per heavy atom. The van der Waals surface area contributed by atoms with Crippen molar-refractivity contribution in [2.75, 3.05) is 20.2 Å². The van der Waals surface area contributed by atoms with Crippen LogP contribution in [-0.2, 0) is 0 Å². The van der Waals surface area contributed by atoms with Crippen molar-refractivity contribution in [1.29, 1.82) is 0 Å². The summed E-state index contributed by atoms with van der Waals surface area (Å²) in [5, 5.41) is 8.62. The second-order valence-electron chi connectivity index (χ2n) is 7.42. The Labute approximate surface area is 182 Å². The van der Waals surface area contributed by atoms with E-state index in [-0.39, 0.29) is 0 Å². The summed E-state index contributed by atoms with van der Waals surface area (Å²) in [7, 11) is 1.68. The SMILES string of the molecule is COc1ccc(-c2c(C3=NCCCN3)c(-c3ccccc3)nn2-c2ccccc2)cc1. The Kier molecular flexibility index (Phi) is 5.23. The molecule has 5 heteroatoms. The zero-order chi connectivity index (χ0) is 21.0. The molecule has 0 radical (unpaired) electrons. The summed E-state index contributed by atoms with van der Waals surface area (Å²) in [5.41, 5.74) is 6.10. The van der Waals surface area contributed by atoms with Gasteiger partial charge >= 0.3 is 0 Å². The van der Waals surface area contributed by atoms with Crippen molar-refractivity contribution in [2.45, 2.75) is 6.42 Å². The van der Waals surface area contributed by atoms with E-state index < -0.39 is 0 Å². The Hall–Kier alpha value is -3.86. The maximum atomic E-state index is 5.38. The van der Waals surface area contributed by atoms with Crippen molar-refractivity contribution in [1.82, 2.24) is 15.1 Å². The number of methoxy groups -OCH3 is 1. The van der Waals surface area contributed by atoms with Gasteiger partial charge in [0.25, 0.3) is 0 Å². The minimum absolute atomic E-state index is 0.815. The summed E-state index contributed by atoms with van der Waals surface area (Å²) in [6.07, 6.45) is 1.04. The third kappa shape index (κ3) is 3.70. The van der Waals surface area contributed by atoms with E-state index in [9.17, 15) is 0 Å². The highest BCUT2D eigenvalue weighted by Crippen LogP contribution is 2.35. The molecule has 1 aromatic heterocycles. The van der Waals surface area contributed by atoms with E-state index in [4.69, 9.17) is 14.8 Å². The number of hydrogen-bond donors (Lipinski definition) is 1. The monoisotopic (exact) mass is 408 g/mol. The van der Waals surface area contributed by atoms with Crippen molar-refractivity contribution in [3.05, 3.63) is 90.5 Å². The molecule has 5 nitrogen and oxygen atoms in total. The van der Waals surface area contributed by atoms with Gasteiger partial charge in [0, 0.05) is 24.2 Å². The summed E-state index contributed by atoms with van der Waals surface area (Å²) in [6, 6.07) is 28.7. The molecule has 0 bridgehead atoms. The molecule has 0 unspecified atom stereocenters. The van der Waals surface area contributed by atoms with Crippen molar-refractivity contribution < 1.29 is 4.74 Å². The fraction of sp³-hybridized carbons (Fsp3) is 0.154. The van der Waals surface area contributed by atoms with Gasteiger partial charge in [-0.2, -0.15) is 5.10 Å². The average Bonchev–Trinajstić information content (AvgIpc) is 3.26. The van der Waals surface area contributed by atoms with Gasteiger partial charge in [-0.15, -0.1) is 0 Å². The third-order valence-corrected chi connectivity index (χ3v) is 5.43.